The Hall–Kier alpha value is -2.89. The number of amides is 1. The molecule has 1 aromatic carbocycles. The fraction of sp³-hybridized carbons (Fsp3) is 0.188. The molecule has 2 aromatic heterocycles. The molecule has 1 aliphatic rings. The van der Waals surface area contributed by atoms with E-state index in [9.17, 15) is 14.4 Å². The number of pyridine rings is 1. The lowest BCUT2D eigenvalue weighted by Crippen LogP contribution is -2.39. The third kappa shape index (κ3) is 1.64. The lowest BCUT2D eigenvalue weighted by atomic mass is 10.0. The van der Waals surface area contributed by atoms with E-state index in [1.54, 1.807) is 12.3 Å². The molecule has 6 heteroatoms. The molecule has 6 nitrogen and oxygen atoms in total. The van der Waals surface area contributed by atoms with Crippen molar-refractivity contribution in [2.75, 3.05) is 0 Å². The smallest absolute Gasteiger partial charge is 0.259 e. The topological polar surface area (TPSA) is 84.0 Å². The molecule has 1 amide bonds. The minimum atomic E-state index is -0.578. The van der Waals surface area contributed by atoms with E-state index in [4.69, 9.17) is 0 Å². The summed E-state index contributed by atoms with van der Waals surface area (Å²) in [5.41, 5.74) is 1.41. The molecular formula is C16H13N3O3. The first-order valence-electron chi connectivity index (χ1n) is 7.04. The molecule has 3 heterocycles. The molecule has 1 fully saturated rings. The maximum absolute atomic E-state index is 12.7. The number of nitrogens with zero attached hydrogens (tertiary/aromatic N) is 1. The molecule has 2 N–H and O–H groups in total. The summed E-state index contributed by atoms with van der Waals surface area (Å²) in [5, 5.41) is 3.75. The molecule has 4 rings (SSSR count). The van der Waals surface area contributed by atoms with Crippen LogP contribution in [0.5, 0.6) is 0 Å². The van der Waals surface area contributed by atoms with Crippen molar-refractivity contribution in [3.8, 4) is 0 Å². The van der Waals surface area contributed by atoms with Gasteiger partial charge in [0.1, 0.15) is 6.04 Å². The van der Waals surface area contributed by atoms with Crippen LogP contribution in [0.2, 0.25) is 0 Å². The average Bonchev–Trinajstić information content (AvgIpc) is 2.74. The average molecular weight is 295 g/mol. The molecular weight excluding hydrogens is 282 g/mol. The molecule has 110 valence electrons. The van der Waals surface area contributed by atoms with Gasteiger partial charge in [-0.05, 0) is 25.0 Å². The fourth-order valence-corrected chi connectivity index (χ4v) is 3.23. The highest BCUT2D eigenvalue weighted by Crippen LogP contribution is 2.28. The largest absolute Gasteiger partial charge is 0.361 e. The molecule has 3 aromatic rings. The summed E-state index contributed by atoms with van der Waals surface area (Å²) < 4.78 is 1.49. The normalized spacial score (nSPS) is 19.0. The van der Waals surface area contributed by atoms with Crippen LogP contribution in [0.3, 0.4) is 0 Å². The molecule has 0 radical (unpaired) electrons. The van der Waals surface area contributed by atoms with Gasteiger partial charge in [-0.25, -0.2) is 0 Å². The Bertz CT molecular complexity index is 1040. The minimum absolute atomic E-state index is 0.229. The molecule has 1 unspecified atom stereocenters. The van der Waals surface area contributed by atoms with Crippen molar-refractivity contribution < 1.29 is 4.79 Å². The summed E-state index contributed by atoms with van der Waals surface area (Å²) >= 11 is 0. The number of carbonyl (C=O) groups excluding carboxylic acids is 1. The monoisotopic (exact) mass is 295 g/mol. The zero-order valence-electron chi connectivity index (χ0n) is 11.7. The summed E-state index contributed by atoms with van der Waals surface area (Å²) in [6, 6.07) is 3.98. The second kappa shape index (κ2) is 4.30. The predicted octanol–water partition coefficient (Wildman–Crippen LogP) is 1.25. The molecule has 0 spiro atoms. The summed E-state index contributed by atoms with van der Waals surface area (Å²) in [6.45, 7) is 3.75. The van der Waals surface area contributed by atoms with Gasteiger partial charge < -0.3 is 10.3 Å². The van der Waals surface area contributed by atoms with Gasteiger partial charge in [0.05, 0.1) is 16.4 Å². The number of piperidine rings is 1. The summed E-state index contributed by atoms with van der Waals surface area (Å²) in [7, 11) is 0. The van der Waals surface area contributed by atoms with E-state index in [-0.39, 0.29) is 16.9 Å². The van der Waals surface area contributed by atoms with E-state index in [0.717, 1.165) is 0 Å². The van der Waals surface area contributed by atoms with Gasteiger partial charge in [0.25, 0.3) is 5.56 Å². The van der Waals surface area contributed by atoms with Crippen LogP contribution < -0.4 is 16.3 Å². The first-order chi connectivity index (χ1) is 10.6. The zero-order valence-corrected chi connectivity index (χ0v) is 11.7. The van der Waals surface area contributed by atoms with Crippen molar-refractivity contribution in [2.24, 2.45) is 0 Å². The standard InChI is InChI=1S/C16H13N3O3/c1-8-2-3-13(15(21)18-8)19-12-4-5-17-11-7-9(20)6-10(14(11)12)16(19)22/h4-7,13,17H,1-3H2,(H,18,21). The van der Waals surface area contributed by atoms with Gasteiger partial charge in [-0.1, -0.05) is 6.58 Å². The Morgan fingerprint density at radius 1 is 1.23 bits per heavy atom. The Morgan fingerprint density at radius 2 is 2.05 bits per heavy atom. The highest BCUT2D eigenvalue weighted by Gasteiger charge is 2.29. The molecule has 0 aliphatic carbocycles. The van der Waals surface area contributed by atoms with Gasteiger partial charge >= 0.3 is 0 Å². The number of hydrogen-bond donors (Lipinski definition) is 2. The minimum Gasteiger partial charge on any atom is -0.361 e. The Morgan fingerprint density at radius 3 is 2.82 bits per heavy atom. The Labute approximate surface area is 124 Å². The quantitative estimate of drug-likeness (QED) is 0.708. The lowest BCUT2D eigenvalue weighted by molar-refractivity contribution is -0.124. The van der Waals surface area contributed by atoms with Crippen molar-refractivity contribution in [1.29, 1.82) is 0 Å². The van der Waals surface area contributed by atoms with Crippen LogP contribution in [0.1, 0.15) is 18.9 Å². The molecule has 1 atom stereocenters. The number of hydrogen-bond acceptors (Lipinski definition) is 3. The fourth-order valence-electron chi connectivity index (χ4n) is 3.23. The number of benzene rings is 1. The molecule has 1 saturated heterocycles. The van der Waals surface area contributed by atoms with Crippen molar-refractivity contribution in [1.82, 2.24) is 14.9 Å². The van der Waals surface area contributed by atoms with E-state index in [0.29, 0.717) is 40.3 Å². The lowest BCUT2D eigenvalue weighted by Gasteiger charge is -2.24. The number of aromatic amines is 1. The van der Waals surface area contributed by atoms with Crippen LogP contribution in [0, 0.1) is 0 Å². The van der Waals surface area contributed by atoms with Crippen LogP contribution in [0.4, 0.5) is 0 Å². The number of aromatic nitrogens is 2. The summed E-state index contributed by atoms with van der Waals surface area (Å²) in [6.07, 6.45) is 2.83. The van der Waals surface area contributed by atoms with E-state index in [1.165, 1.54) is 16.7 Å². The van der Waals surface area contributed by atoms with Crippen LogP contribution >= 0.6 is 0 Å². The van der Waals surface area contributed by atoms with E-state index >= 15 is 0 Å². The van der Waals surface area contributed by atoms with Gasteiger partial charge in [0.15, 0.2) is 5.43 Å². The third-order valence-electron chi connectivity index (χ3n) is 4.19. The van der Waals surface area contributed by atoms with Crippen molar-refractivity contribution >= 4 is 27.7 Å². The Balaban J connectivity index is 2.07. The van der Waals surface area contributed by atoms with Crippen LogP contribution in [-0.4, -0.2) is 15.5 Å². The van der Waals surface area contributed by atoms with E-state index in [1.807, 2.05) is 0 Å². The first-order valence-corrected chi connectivity index (χ1v) is 7.04. The van der Waals surface area contributed by atoms with Gasteiger partial charge in [0.2, 0.25) is 5.91 Å². The van der Waals surface area contributed by atoms with Gasteiger partial charge in [0, 0.05) is 23.3 Å². The van der Waals surface area contributed by atoms with Crippen LogP contribution in [0.15, 0.2) is 46.3 Å². The molecule has 22 heavy (non-hydrogen) atoms. The number of H-pyrrole nitrogens is 1. The van der Waals surface area contributed by atoms with Crippen molar-refractivity contribution in [3.63, 3.8) is 0 Å². The number of allylic oxidation sites excluding steroid dienone is 1. The second-order valence-electron chi connectivity index (χ2n) is 5.58. The summed E-state index contributed by atoms with van der Waals surface area (Å²) in [4.78, 5) is 39.7. The highest BCUT2D eigenvalue weighted by molar-refractivity contribution is 6.08. The van der Waals surface area contributed by atoms with E-state index in [2.05, 4.69) is 16.9 Å². The van der Waals surface area contributed by atoms with Crippen LogP contribution in [0.25, 0.3) is 21.8 Å². The third-order valence-corrected chi connectivity index (χ3v) is 4.19. The van der Waals surface area contributed by atoms with Crippen LogP contribution in [-0.2, 0) is 4.79 Å². The number of carbonyl (C=O) groups is 1. The molecule has 0 bridgehead atoms. The molecule has 0 saturated carbocycles. The van der Waals surface area contributed by atoms with Gasteiger partial charge in [-0.2, -0.15) is 0 Å². The summed E-state index contributed by atoms with van der Waals surface area (Å²) in [5.74, 6) is -0.235. The predicted molar refractivity (Wildman–Crippen MR) is 83.1 cm³/mol. The van der Waals surface area contributed by atoms with Crippen molar-refractivity contribution in [2.45, 2.75) is 18.9 Å². The second-order valence-corrected chi connectivity index (χ2v) is 5.58. The van der Waals surface area contributed by atoms with Gasteiger partial charge in [-0.3, -0.25) is 19.0 Å². The maximum Gasteiger partial charge on any atom is 0.259 e. The van der Waals surface area contributed by atoms with E-state index < -0.39 is 6.04 Å². The Kier molecular flexibility index (Phi) is 2.51. The van der Waals surface area contributed by atoms with Crippen molar-refractivity contribution in [3.05, 3.63) is 57.2 Å². The molecule has 1 aliphatic heterocycles. The zero-order chi connectivity index (χ0) is 15.4. The highest BCUT2D eigenvalue weighted by atomic mass is 16.2. The van der Waals surface area contributed by atoms with Gasteiger partial charge in [-0.15, -0.1) is 0 Å². The number of rotatable bonds is 1. The number of nitrogens with one attached hydrogen (secondary N) is 2. The first kappa shape index (κ1) is 12.8. The SMILES string of the molecule is C=C1CCC(n2c(=O)c3cc(=O)cc4[nH]ccc2c43)C(=O)N1. The maximum atomic E-state index is 12.7.